The van der Waals surface area contributed by atoms with Crippen LogP contribution in [0, 0.1) is 0 Å². The van der Waals surface area contributed by atoms with Crippen molar-refractivity contribution in [3.05, 3.63) is 57.6 Å². The molecule has 2 fully saturated rings. The van der Waals surface area contributed by atoms with Gasteiger partial charge in [0.1, 0.15) is 0 Å². The summed E-state index contributed by atoms with van der Waals surface area (Å²) in [4.78, 5) is 28.2. The third-order valence-corrected chi connectivity index (χ3v) is 9.67. The molecule has 0 aliphatic heterocycles. The van der Waals surface area contributed by atoms with E-state index in [9.17, 15) is 26.4 Å². The lowest BCUT2D eigenvalue weighted by Crippen LogP contribution is -2.24. The number of esters is 1. The van der Waals surface area contributed by atoms with E-state index in [1.165, 1.54) is 19.6 Å². The van der Waals surface area contributed by atoms with E-state index >= 15 is 0 Å². The number of carbonyl (C=O) groups is 2. The molecule has 0 spiro atoms. The summed E-state index contributed by atoms with van der Waals surface area (Å²) in [5.41, 5.74) is 14.0. The maximum atomic E-state index is 12.3. The van der Waals surface area contributed by atoms with E-state index in [0.717, 1.165) is 49.7 Å². The molecule has 2 aliphatic rings. The van der Waals surface area contributed by atoms with Gasteiger partial charge in [-0.05, 0) is 84.7 Å². The smallest absolute Gasteiger partial charge is 0.338 e. The Kier molecular flexibility index (Phi) is 10.6. The van der Waals surface area contributed by atoms with E-state index in [1.807, 2.05) is 13.8 Å². The van der Waals surface area contributed by atoms with Gasteiger partial charge in [0.25, 0.3) is 5.91 Å². The lowest BCUT2D eigenvalue weighted by molar-refractivity contribution is 0.0599. The number of nitrogens with zero attached hydrogens (tertiary/aromatic N) is 1. The number of amides is 1. The van der Waals surface area contributed by atoms with Gasteiger partial charge in [0.15, 0.2) is 25.6 Å². The van der Waals surface area contributed by atoms with Gasteiger partial charge in [-0.1, -0.05) is 38.8 Å². The van der Waals surface area contributed by atoms with Crippen molar-refractivity contribution < 1.29 is 31.2 Å². The molecule has 0 aromatic heterocycles. The highest BCUT2D eigenvalue weighted by molar-refractivity contribution is 7.91. The van der Waals surface area contributed by atoms with Crippen LogP contribution < -0.4 is 11.5 Å². The average molecular weight is 620 g/mol. The van der Waals surface area contributed by atoms with Gasteiger partial charge in [0, 0.05) is 18.1 Å². The van der Waals surface area contributed by atoms with E-state index in [1.54, 1.807) is 24.3 Å². The molecule has 42 heavy (non-hydrogen) atoms. The lowest BCUT2D eigenvalue weighted by atomic mass is 9.97. The Labute approximate surface area is 248 Å². The van der Waals surface area contributed by atoms with Crippen LogP contribution in [0.2, 0.25) is 0 Å². The molecule has 10 nitrogen and oxygen atoms in total. The molecule has 4 N–H and O–H groups in total. The topological polar surface area (TPSA) is 176 Å². The molecule has 2 aliphatic carbocycles. The molecule has 0 unspecified atom stereocenters. The van der Waals surface area contributed by atoms with Gasteiger partial charge in [-0.15, -0.1) is 0 Å². The van der Waals surface area contributed by atoms with Crippen molar-refractivity contribution in [2.75, 3.05) is 19.6 Å². The number of hydrogen-bond acceptors (Lipinski definition) is 7. The normalized spacial score (nSPS) is 14.9. The largest absolute Gasteiger partial charge is 0.465 e. The Balaban J connectivity index is 0.000000231. The zero-order valence-electron chi connectivity index (χ0n) is 24.9. The molecule has 0 bridgehead atoms. The van der Waals surface area contributed by atoms with Crippen molar-refractivity contribution in [3.63, 3.8) is 0 Å². The van der Waals surface area contributed by atoms with Gasteiger partial charge >= 0.3 is 5.97 Å². The van der Waals surface area contributed by atoms with E-state index < -0.39 is 31.6 Å². The highest BCUT2D eigenvalue weighted by Gasteiger charge is 2.33. The van der Waals surface area contributed by atoms with Crippen molar-refractivity contribution in [1.29, 1.82) is 0 Å². The van der Waals surface area contributed by atoms with Crippen molar-refractivity contribution in [1.82, 2.24) is 0 Å². The van der Waals surface area contributed by atoms with Crippen LogP contribution in [0.3, 0.4) is 0 Å². The summed E-state index contributed by atoms with van der Waals surface area (Å²) in [5.74, 6) is -0.814. The summed E-state index contributed by atoms with van der Waals surface area (Å²) in [5, 5.41) is 0. The third-order valence-electron chi connectivity index (χ3n) is 7.22. The van der Waals surface area contributed by atoms with Gasteiger partial charge in [0.2, 0.25) is 0 Å². The van der Waals surface area contributed by atoms with Gasteiger partial charge < -0.3 is 16.2 Å². The van der Waals surface area contributed by atoms with Crippen LogP contribution in [0.15, 0.2) is 39.0 Å². The Morgan fingerprint density at radius 2 is 1.19 bits per heavy atom. The number of aliphatic imine (C=N–C) groups is 1. The van der Waals surface area contributed by atoms with Crippen molar-refractivity contribution in [2.45, 2.75) is 86.8 Å². The number of sulfone groups is 2. The Bertz CT molecular complexity index is 1600. The molecule has 0 heterocycles. The van der Waals surface area contributed by atoms with Gasteiger partial charge in [-0.3, -0.25) is 4.79 Å². The first kappa shape index (κ1) is 33.3. The molecule has 1 amide bonds. The first-order chi connectivity index (χ1) is 19.6. The Morgan fingerprint density at radius 1 is 0.786 bits per heavy atom. The van der Waals surface area contributed by atoms with Crippen LogP contribution in [0.5, 0.6) is 0 Å². The molecule has 12 heteroatoms. The quantitative estimate of drug-likeness (QED) is 0.226. The standard InChI is InChI=1S/C15H21N3O3S.C15H20O4S/c1-3-4-11-12(14(19)18-15(16)17)8-7-10(9-5-6-9)13(11)22(2,20)21;1-4-5-12-13(15(16)19-2)9-8-11(10-6-7-10)14(12)20(3,17)18/h7-9H,3-6H2,1-2H3,(H4,16,17,18,19);8-10H,4-7H2,1-3H3. The monoisotopic (exact) mass is 619 g/mol. The molecule has 0 atom stereocenters. The van der Waals surface area contributed by atoms with Gasteiger partial charge in [0.05, 0.1) is 22.5 Å². The molecule has 2 saturated carbocycles. The van der Waals surface area contributed by atoms with Crippen LogP contribution >= 0.6 is 0 Å². The van der Waals surface area contributed by atoms with Crippen molar-refractivity contribution in [3.8, 4) is 0 Å². The van der Waals surface area contributed by atoms with Crippen LogP contribution in [-0.4, -0.2) is 54.3 Å². The fourth-order valence-corrected chi connectivity index (χ4v) is 7.92. The number of methoxy groups -OCH3 is 1. The van der Waals surface area contributed by atoms with E-state index in [0.29, 0.717) is 40.3 Å². The minimum atomic E-state index is -3.44. The van der Waals surface area contributed by atoms with E-state index in [4.69, 9.17) is 16.2 Å². The highest BCUT2D eigenvalue weighted by atomic mass is 32.2. The molecule has 2 aromatic rings. The van der Waals surface area contributed by atoms with Crippen LogP contribution in [0.1, 0.15) is 107 Å². The van der Waals surface area contributed by atoms with E-state index in [2.05, 4.69) is 4.99 Å². The first-order valence-electron chi connectivity index (χ1n) is 14.1. The SMILES string of the molecule is CCCc1c(C(=O)N=C(N)N)ccc(C2CC2)c1S(C)(=O)=O.CCCc1c(C(=O)OC)ccc(C2CC2)c1S(C)(=O)=O. The minimum Gasteiger partial charge on any atom is -0.465 e. The summed E-state index contributed by atoms with van der Waals surface area (Å²) in [7, 11) is -5.49. The summed E-state index contributed by atoms with van der Waals surface area (Å²) in [6.45, 7) is 3.90. The fourth-order valence-electron chi connectivity index (χ4n) is 5.27. The second-order valence-corrected chi connectivity index (χ2v) is 14.9. The van der Waals surface area contributed by atoms with Gasteiger partial charge in [-0.25, -0.2) is 21.6 Å². The lowest BCUT2D eigenvalue weighted by Gasteiger charge is -2.16. The first-order valence-corrected chi connectivity index (χ1v) is 17.9. The number of hydrogen-bond donors (Lipinski definition) is 2. The predicted molar refractivity (Wildman–Crippen MR) is 163 cm³/mol. The number of nitrogens with two attached hydrogens (primary N) is 2. The summed E-state index contributed by atoms with van der Waals surface area (Å²) < 4.78 is 53.7. The fraction of sp³-hybridized carbons (Fsp3) is 0.500. The Morgan fingerprint density at radius 3 is 1.52 bits per heavy atom. The number of rotatable bonds is 10. The molecule has 0 saturated heterocycles. The third kappa shape index (κ3) is 7.97. The van der Waals surface area contributed by atoms with Crippen LogP contribution in [-0.2, 0) is 37.3 Å². The Hall–Kier alpha value is -3.25. The molecular formula is C30H41N3O7S2. The summed E-state index contributed by atoms with van der Waals surface area (Å²) in [6, 6.07) is 6.85. The number of carbonyl (C=O) groups excluding carboxylic acids is 2. The summed E-state index contributed by atoms with van der Waals surface area (Å²) in [6.07, 6.45) is 8.95. The predicted octanol–water partition coefficient (Wildman–Crippen LogP) is 4.04. The zero-order chi connectivity index (χ0) is 31.4. The maximum absolute atomic E-state index is 12.3. The maximum Gasteiger partial charge on any atom is 0.338 e. The summed E-state index contributed by atoms with van der Waals surface area (Å²) >= 11 is 0. The van der Waals surface area contributed by atoms with Crippen molar-refractivity contribution >= 4 is 37.5 Å². The average Bonchev–Trinajstić information content (AvgIpc) is 3.80. The number of guanidine groups is 1. The second kappa shape index (κ2) is 13.4. The van der Waals surface area contributed by atoms with Crippen LogP contribution in [0.4, 0.5) is 0 Å². The molecule has 2 aromatic carbocycles. The second-order valence-electron chi connectivity index (χ2n) is 10.9. The molecule has 4 rings (SSSR count). The zero-order valence-corrected chi connectivity index (χ0v) is 26.5. The minimum absolute atomic E-state index is 0.264. The number of benzene rings is 2. The van der Waals surface area contributed by atoms with E-state index in [-0.39, 0.29) is 22.3 Å². The van der Waals surface area contributed by atoms with Crippen molar-refractivity contribution in [2.24, 2.45) is 16.5 Å². The molecule has 230 valence electrons. The van der Waals surface area contributed by atoms with Crippen LogP contribution in [0.25, 0.3) is 0 Å². The highest BCUT2D eigenvalue weighted by Crippen LogP contribution is 2.45. The molecular weight excluding hydrogens is 578 g/mol. The molecule has 0 radical (unpaired) electrons. The number of ether oxygens (including phenoxy) is 1. The van der Waals surface area contributed by atoms with Gasteiger partial charge in [-0.2, -0.15) is 4.99 Å².